The molecular weight excluding hydrogens is 284 g/mol. The largest absolute Gasteiger partial charge is 0.465 e. The molecule has 0 aromatic heterocycles. The second-order valence-electron chi connectivity index (χ2n) is 6.86. The molecule has 1 fully saturated rings. The minimum atomic E-state index is -0.725. The molecule has 0 atom stereocenters. The van der Waals surface area contributed by atoms with Crippen LogP contribution in [0.15, 0.2) is 0 Å². The predicted molar refractivity (Wildman–Crippen MR) is 88.7 cm³/mol. The van der Waals surface area contributed by atoms with Gasteiger partial charge in [-0.3, -0.25) is 9.69 Å². The van der Waals surface area contributed by atoms with Crippen molar-refractivity contribution in [3.05, 3.63) is 0 Å². The van der Waals surface area contributed by atoms with E-state index in [9.17, 15) is 9.59 Å². The molecule has 0 saturated carbocycles. The molecule has 1 heterocycles. The Morgan fingerprint density at radius 3 is 1.91 bits per heavy atom. The van der Waals surface area contributed by atoms with Crippen LogP contribution < -0.4 is 5.73 Å². The van der Waals surface area contributed by atoms with Gasteiger partial charge in [-0.05, 0) is 67.5 Å². The molecule has 1 aliphatic heterocycles. The van der Waals surface area contributed by atoms with Gasteiger partial charge in [0.1, 0.15) is 11.1 Å². The first-order valence-corrected chi connectivity index (χ1v) is 7.91. The van der Waals surface area contributed by atoms with E-state index in [2.05, 4.69) is 9.64 Å². The van der Waals surface area contributed by atoms with E-state index in [1.165, 1.54) is 19.3 Å². The molecule has 22 heavy (non-hydrogen) atoms. The number of amides is 1. The fraction of sp³-hybridized carbons (Fsp3) is 0.875. The van der Waals surface area contributed by atoms with Gasteiger partial charge in [-0.15, -0.1) is 0 Å². The number of carbonyl (C=O) groups is 2. The average molecular weight is 318 g/mol. The lowest BCUT2D eigenvalue weighted by atomic mass is 9.99. The summed E-state index contributed by atoms with van der Waals surface area (Å²) in [6.07, 6.45) is 2.96. The smallest absolute Gasteiger partial charge is 0.405 e. The zero-order chi connectivity index (χ0) is 17.4. The SMILES string of the molecule is CC(C)(C)OC(N)=O.CCOC(=O)C(C)(C)N1CCCCC1.[HH]. The van der Waals surface area contributed by atoms with Crippen molar-refractivity contribution in [1.29, 1.82) is 0 Å². The molecule has 0 radical (unpaired) electrons. The van der Waals surface area contributed by atoms with E-state index in [1.807, 2.05) is 20.8 Å². The second kappa shape index (κ2) is 8.98. The number of likely N-dealkylation sites (tertiary alicyclic amines) is 1. The molecule has 6 nitrogen and oxygen atoms in total. The number of nitrogens with two attached hydrogens (primary N) is 1. The molecule has 0 aromatic carbocycles. The van der Waals surface area contributed by atoms with E-state index in [0.29, 0.717) is 6.61 Å². The van der Waals surface area contributed by atoms with Crippen LogP contribution in [0.3, 0.4) is 0 Å². The summed E-state index contributed by atoms with van der Waals surface area (Å²) in [4.78, 5) is 23.9. The predicted octanol–water partition coefficient (Wildman–Crippen LogP) is 2.94. The molecule has 6 heteroatoms. The lowest BCUT2D eigenvalue weighted by Gasteiger charge is -2.38. The number of esters is 1. The molecule has 0 aliphatic carbocycles. The molecule has 1 amide bonds. The standard InChI is InChI=1S/C11H21NO2.C5H11NO2.H2/c1-4-14-10(13)11(2,3)12-8-6-5-7-9-12;1-5(2,3)8-4(6)7;/h4-9H2,1-3H3;1-3H3,(H2,6,7);1H. The average Bonchev–Trinajstić information content (AvgIpc) is 2.37. The zero-order valence-corrected chi connectivity index (χ0v) is 14.9. The Labute approximate surface area is 135 Å². The lowest BCUT2D eigenvalue weighted by molar-refractivity contribution is -0.156. The highest BCUT2D eigenvalue weighted by Crippen LogP contribution is 2.21. The lowest BCUT2D eigenvalue weighted by Crippen LogP contribution is -2.52. The van der Waals surface area contributed by atoms with Gasteiger partial charge in [-0.1, -0.05) is 6.42 Å². The minimum Gasteiger partial charge on any atom is -0.465 e. The van der Waals surface area contributed by atoms with Crippen molar-refractivity contribution in [1.82, 2.24) is 4.90 Å². The summed E-state index contributed by atoms with van der Waals surface area (Å²) < 4.78 is 9.66. The van der Waals surface area contributed by atoms with Gasteiger partial charge in [-0.2, -0.15) is 0 Å². The summed E-state index contributed by atoms with van der Waals surface area (Å²) >= 11 is 0. The van der Waals surface area contributed by atoms with Gasteiger partial charge < -0.3 is 15.2 Å². The van der Waals surface area contributed by atoms with Crippen molar-refractivity contribution in [2.45, 2.75) is 71.9 Å². The summed E-state index contributed by atoms with van der Waals surface area (Å²) in [6, 6.07) is 0. The maximum atomic E-state index is 11.7. The van der Waals surface area contributed by atoms with Crippen molar-refractivity contribution >= 4 is 12.1 Å². The van der Waals surface area contributed by atoms with Crippen LogP contribution in [0.5, 0.6) is 0 Å². The first kappa shape index (κ1) is 20.7. The summed E-state index contributed by atoms with van der Waals surface area (Å²) in [5.74, 6) is -0.0955. The zero-order valence-electron chi connectivity index (χ0n) is 14.9. The normalized spacial score (nSPS) is 16.3. The third kappa shape index (κ3) is 8.22. The molecule has 2 N–H and O–H groups in total. The molecule has 1 saturated heterocycles. The Bertz CT molecular complexity index is 362. The molecule has 132 valence electrons. The van der Waals surface area contributed by atoms with Gasteiger partial charge in [-0.25, -0.2) is 4.79 Å². The third-order valence-electron chi connectivity index (χ3n) is 3.33. The number of primary amides is 1. The van der Waals surface area contributed by atoms with Crippen molar-refractivity contribution in [3.63, 3.8) is 0 Å². The number of ether oxygens (including phenoxy) is 2. The van der Waals surface area contributed by atoms with Crippen molar-refractivity contribution in [2.24, 2.45) is 5.73 Å². The Balaban J connectivity index is 0. The Morgan fingerprint density at radius 2 is 1.59 bits per heavy atom. The molecule has 1 aliphatic rings. The van der Waals surface area contributed by atoms with Crippen molar-refractivity contribution < 1.29 is 20.5 Å². The van der Waals surface area contributed by atoms with Gasteiger partial charge in [0.15, 0.2) is 0 Å². The number of carbonyl (C=O) groups excluding carboxylic acids is 2. The van der Waals surface area contributed by atoms with E-state index in [-0.39, 0.29) is 7.40 Å². The van der Waals surface area contributed by atoms with E-state index < -0.39 is 17.2 Å². The van der Waals surface area contributed by atoms with Crippen LogP contribution in [-0.4, -0.2) is 47.8 Å². The van der Waals surface area contributed by atoms with E-state index in [1.54, 1.807) is 20.8 Å². The highest BCUT2D eigenvalue weighted by Gasteiger charge is 2.36. The molecular formula is C16H34N2O4. The van der Waals surface area contributed by atoms with Crippen LogP contribution in [-0.2, 0) is 14.3 Å². The van der Waals surface area contributed by atoms with Gasteiger partial charge >= 0.3 is 12.1 Å². The van der Waals surface area contributed by atoms with Crippen LogP contribution in [0.2, 0.25) is 0 Å². The maximum absolute atomic E-state index is 11.7. The van der Waals surface area contributed by atoms with Gasteiger partial charge in [0, 0.05) is 1.43 Å². The van der Waals surface area contributed by atoms with Crippen molar-refractivity contribution in [2.75, 3.05) is 19.7 Å². The summed E-state index contributed by atoms with van der Waals surface area (Å²) in [7, 11) is 0. The highest BCUT2D eigenvalue weighted by atomic mass is 16.6. The number of nitrogens with zero attached hydrogens (tertiary/aromatic N) is 1. The van der Waals surface area contributed by atoms with E-state index >= 15 is 0 Å². The fourth-order valence-electron chi connectivity index (χ4n) is 2.19. The van der Waals surface area contributed by atoms with Gasteiger partial charge in [0.25, 0.3) is 0 Å². The van der Waals surface area contributed by atoms with Crippen LogP contribution in [0, 0.1) is 0 Å². The summed E-state index contributed by atoms with van der Waals surface area (Å²) in [5.41, 5.74) is 3.82. The van der Waals surface area contributed by atoms with Crippen LogP contribution >= 0.6 is 0 Å². The van der Waals surface area contributed by atoms with E-state index in [0.717, 1.165) is 13.1 Å². The Morgan fingerprint density at radius 1 is 1.09 bits per heavy atom. The molecule has 0 unspecified atom stereocenters. The summed E-state index contributed by atoms with van der Waals surface area (Å²) in [6.45, 7) is 13.6. The first-order chi connectivity index (χ1) is 10.0. The third-order valence-corrected chi connectivity index (χ3v) is 3.33. The Kier molecular flexibility index (Phi) is 8.45. The number of hydrogen-bond acceptors (Lipinski definition) is 5. The maximum Gasteiger partial charge on any atom is 0.405 e. The molecule has 1 rings (SSSR count). The number of piperidine rings is 1. The van der Waals surface area contributed by atoms with Crippen LogP contribution in [0.4, 0.5) is 4.79 Å². The monoisotopic (exact) mass is 318 g/mol. The number of rotatable bonds is 3. The first-order valence-electron chi connectivity index (χ1n) is 7.91. The van der Waals surface area contributed by atoms with E-state index in [4.69, 9.17) is 10.5 Å². The topological polar surface area (TPSA) is 81.9 Å². The second-order valence-corrected chi connectivity index (χ2v) is 6.86. The van der Waals surface area contributed by atoms with Gasteiger partial charge in [0.2, 0.25) is 0 Å². The molecule has 0 aromatic rings. The molecule has 0 spiro atoms. The van der Waals surface area contributed by atoms with Crippen LogP contribution in [0.1, 0.15) is 62.2 Å². The number of hydrogen-bond donors (Lipinski definition) is 1. The minimum absolute atomic E-state index is 0. The quantitative estimate of drug-likeness (QED) is 0.809. The van der Waals surface area contributed by atoms with Crippen LogP contribution in [0.25, 0.3) is 0 Å². The Hall–Kier alpha value is -1.30. The fourth-order valence-corrected chi connectivity index (χ4v) is 2.19. The van der Waals surface area contributed by atoms with Gasteiger partial charge in [0.05, 0.1) is 6.61 Å². The highest BCUT2D eigenvalue weighted by molar-refractivity contribution is 5.79. The van der Waals surface area contributed by atoms with Crippen molar-refractivity contribution in [3.8, 4) is 0 Å². The summed E-state index contributed by atoms with van der Waals surface area (Å²) in [5, 5.41) is 0. The molecule has 0 bridgehead atoms.